The van der Waals surface area contributed by atoms with Crippen LogP contribution < -0.4 is 9.61 Å². The number of hydrogen-bond acceptors (Lipinski definition) is 10. The zero-order valence-electron chi connectivity index (χ0n) is 94.2. The zero-order valence-corrected chi connectivity index (χ0v) is 99.8. The summed E-state index contributed by atoms with van der Waals surface area (Å²) in [5.41, 5.74) is 39.1. The maximum atomic E-state index is 6.32. The third-order valence-electron chi connectivity index (χ3n) is 26.9. The van der Waals surface area contributed by atoms with Gasteiger partial charge in [-0.15, -0.1) is 34.0 Å². The molecular formula is C125H188N4O3S3Si3. The number of aromatic nitrogens is 4. The van der Waals surface area contributed by atoms with Crippen molar-refractivity contribution in [2.45, 2.75) is 442 Å². The van der Waals surface area contributed by atoms with Gasteiger partial charge in [-0.05, 0) is 304 Å². The number of thiazole rings is 1. The van der Waals surface area contributed by atoms with E-state index < -0.39 is 25.4 Å². The molecule has 0 fully saturated rings. The topological polar surface area (TPSA) is 83.2 Å². The molecule has 0 atom stereocenters. The van der Waals surface area contributed by atoms with Crippen molar-refractivity contribution in [1.82, 2.24) is 19.9 Å². The van der Waals surface area contributed by atoms with Crippen LogP contribution in [0.1, 0.15) is 497 Å². The Morgan fingerprint density at radius 1 is 0.348 bits per heavy atom. The molecule has 756 valence electrons. The Kier molecular flexibility index (Phi) is 46.0. The summed E-state index contributed by atoms with van der Waals surface area (Å²) in [6.07, 6.45) is 5.41. The van der Waals surface area contributed by atoms with Gasteiger partial charge >= 0.3 is 0 Å². The van der Waals surface area contributed by atoms with Crippen LogP contribution in [0.15, 0.2) is 149 Å². The molecule has 0 unspecified atom stereocenters. The van der Waals surface area contributed by atoms with Crippen molar-refractivity contribution in [2.24, 2.45) is 0 Å². The number of hydrogen-bond donors (Lipinski definition) is 0. The first-order valence-corrected chi connectivity index (χ1v) is 64.2. The molecule has 0 spiro atoms. The zero-order chi connectivity index (χ0) is 103. The van der Waals surface area contributed by atoms with E-state index in [2.05, 4.69) is 449 Å². The van der Waals surface area contributed by atoms with Gasteiger partial charge in [-0.3, -0.25) is 9.97 Å². The summed E-state index contributed by atoms with van der Waals surface area (Å²) >= 11 is 5.47. The Hall–Kier alpha value is -7.47. The predicted octanol–water partition coefficient (Wildman–Crippen LogP) is 40.1. The third kappa shape index (κ3) is 31.3. The summed E-state index contributed by atoms with van der Waals surface area (Å²) in [7, 11) is -3.66. The highest BCUT2D eigenvalue weighted by atomic mass is 32.1. The number of aryl methyl sites for hydroxylation is 3. The lowest BCUT2D eigenvalue weighted by atomic mass is 9.91. The first-order chi connectivity index (χ1) is 64.0. The number of nitrogens with zero attached hydrogens (tertiary/aromatic N) is 4. The molecule has 6 aromatic heterocycles. The van der Waals surface area contributed by atoms with E-state index in [1.807, 2.05) is 40.6 Å². The predicted molar refractivity (Wildman–Crippen MR) is 626 cm³/mol. The first kappa shape index (κ1) is 119. The molecule has 13 aromatic rings. The Bertz CT molecular complexity index is 5550. The van der Waals surface area contributed by atoms with E-state index in [1.54, 1.807) is 27.7 Å². The average Bonchev–Trinajstić information content (AvgIpc) is 1.61. The first-order valence-electron chi connectivity index (χ1n) is 52.4. The Morgan fingerprint density at radius 3 is 1.20 bits per heavy atom. The number of pyridine rings is 2. The molecule has 8 heterocycles. The fourth-order valence-corrected chi connectivity index (χ4v) is 28.2. The van der Waals surface area contributed by atoms with Crippen LogP contribution in [0.25, 0.3) is 41.5 Å². The van der Waals surface area contributed by atoms with Gasteiger partial charge in [0.25, 0.3) is 0 Å². The second-order valence-electron chi connectivity index (χ2n) is 46.1. The lowest BCUT2D eigenvalue weighted by molar-refractivity contribution is 0.318. The van der Waals surface area contributed by atoms with E-state index in [-0.39, 0.29) is 7.43 Å². The minimum atomic E-state index is -1.65. The molecule has 0 saturated heterocycles. The molecule has 0 saturated carbocycles. The van der Waals surface area contributed by atoms with Crippen molar-refractivity contribution in [3.05, 3.63) is 278 Å². The van der Waals surface area contributed by atoms with Gasteiger partial charge < -0.3 is 13.3 Å². The van der Waals surface area contributed by atoms with Crippen molar-refractivity contribution in [3.8, 4) is 5.75 Å². The number of thiophene rings is 2. The smallest absolute Gasteiger partial charge is 0.249 e. The van der Waals surface area contributed by atoms with Crippen LogP contribution in [0.2, 0.25) is 39.3 Å². The molecule has 7 aromatic carbocycles. The number of benzene rings is 7. The standard InChI is InChI=1S/2C15H24OSi.C15H20S.C15H26Si.C14H18S.2C13H20.C12H16N2O.C12H16N2S.CH4/c1-10(2)12-7-8-13(11(3)4)15-14(12)9-17(5,6)16-15;1-10(2)12-7-8-13(11(3)4)15-14(12)9-16-17(15,5)6;1-9(2)12-6-7-13(10(3)4)15-14(12)11(5)8-16-15;1-11(2)13-7-8-15(12(3)4)14(9-13)10-16(5)6;1-9(2)11-5-6-12(10(3)4)14-13(11)7-8-15-14;2*1-9(2)12-6-7-13(10(3)4)11(5)8-12;2*1-7(2)9-5-13-10(8(3)4)12-11(9)14-6-15-12;/h2*7-8,10-11H,9H2,1-6H3;6-10H,1-5H3;7-9,11-12,16H,10H2,1-6H3;5-10H,1-4H3;2*6-10H,1-5H3;2*5-8H,1-4H3;1H4. The SMILES string of the molecule is C.CC(C)c1ccc(C(C)C)c(C[SiH](C)C)c1.CC(C)c1ccc(C(C)C)c2c1CO[Si]2(C)C.CC(C)c1ccc(C(C)C)c2c1C[Si](C)(C)O2.CC(C)c1ccc(C(C)C)c2sccc12.CC(C)c1cnc(C(C)C)c2ocnc12.CC(C)c1cnc(C(C)C)c2scnc12.Cc1cc(C(C)C)ccc1C(C)C.Cc1cc(C(C)C)ccc1C(C)C.Cc1csc2c(C(C)C)ccc(C(C)C)c12. The minimum Gasteiger partial charge on any atom is -0.543 e. The molecule has 7 nitrogen and oxygen atoms in total. The van der Waals surface area contributed by atoms with Gasteiger partial charge in [0.1, 0.15) is 11.3 Å². The maximum absolute atomic E-state index is 6.32. The molecule has 0 bridgehead atoms. The van der Waals surface area contributed by atoms with E-state index in [1.165, 1.54) is 161 Å². The van der Waals surface area contributed by atoms with Gasteiger partial charge in [0.15, 0.2) is 12.0 Å². The van der Waals surface area contributed by atoms with E-state index in [0.29, 0.717) is 107 Å². The molecular weight excluding hydrogens is 1790 g/mol. The van der Waals surface area contributed by atoms with Gasteiger partial charge in [0.2, 0.25) is 16.6 Å². The van der Waals surface area contributed by atoms with Gasteiger partial charge in [-0.25, -0.2) is 9.97 Å². The van der Waals surface area contributed by atoms with Crippen LogP contribution in [0.4, 0.5) is 0 Å². The quantitative estimate of drug-likeness (QED) is 0.0703. The van der Waals surface area contributed by atoms with Crippen LogP contribution in [0.5, 0.6) is 5.75 Å². The second kappa shape index (κ2) is 53.2. The third-order valence-corrected chi connectivity index (χ3v) is 35.8. The van der Waals surface area contributed by atoms with Crippen LogP contribution in [0, 0.1) is 20.8 Å². The summed E-state index contributed by atoms with van der Waals surface area (Å²) in [4.78, 5) is 17.8. The van der Waals surface area contributed by atoms with Crippen LogP contribution in [-0.2, 0) is 23.1 Å². The Labute approximate surface area is 858 Å². The summed E-state index contributed by atoms with van der Waals surface area (Å²) < 4.78 is 22.1. The Morgan fingerprint density at radius 2 is 0.746 bits per heavy atom. The number of fused-ring (bicyclic) bond motifs is 6. The van der Waals surface area contributed by atoms with Gasteiger partial charge in [-0.2, -0.15) is 0 Å². The van der Waals surface area contributed by atoms with E-state index >= 15 is 0 Å². The largest absolute Gasteiger partial charge is 0.543 e. The molecule has 13 heteroatoms. The van der Waals surface area contributed by atoms with Crippen molar-refractivity contribution in [3.63, 3.8) is 0 Å². The van der Waals surface area contributed by atoms with Crippen molar-refractivity contribution in [1.29, 1.82) is 0 Å². The van der Waals surface area contributed by atoms with Gasteiger partial charge in [-0.1, -0.05) is 373 Å². The van der Waals surface area contributed by atoms with Crippen molar-refractivity contribution >= 4 is 106 Å². The molecule has 0 radical (unpaired) electrons. The monoisotopic (exact) mass is 1970 g/mol. The molecule has 0 aliphatic carbocycles. The highest BCUT2D eigenvalue weighted by Crippen LogP contribution is 2.45. The average molecular weight is 1980 g/mol. The molecule has 2 aliphatic rings. The molecule has 15 rings (SSSR count). The minimum absolute atomic E-state index is 0. The van der Waals surface area contributed by atoms with Gasteiger partial charge in [0.05, 0.1) is 33.7 Å². The fraction of sp³-hybridized carbons (Fsp3) is 0.536. The molecule has 138 heavy (non-hydrogen) atoms. The summed E-state index contributed by atoms with van der Waals surface area (Å²) in [5.74, 6) is 11.6. The maximum Gasteiger partial charge on any atom is 0.249 e. The van der Waals surface area contributed by atoms with E-state index in [0.717, 1.165) is 34.5 Å². The number of rotatable bonds is 20. The normalized spacial score (nSPS) is 13.1. The van der Waals surface area contributed by atoms with Gasteiger partial charge in [0, 0.05) is 47.8 Å². The fourth-order valence-electron chi connectivity index (χ4n) is 19.0. The van der Waals surface area contributed by atoms with Crippen LogP contribution >= 0.6 is 34.0 Å². The van der Waals surface area contributed by atoms with E-state index in [4.69, 9.17) is 13.3 Å². The molecule has 2 aliphatic heterocycles. The lowest BCUT2D eigenvalue weighted by Crippen LogP contribution is -2.42. The molecule has 0 amide bonds. The van der Waals surface area contributed by atoms with E-state index in [9.17, 15) is 0 Å². The summed E-state index contributed by atoms with van der Waals surface area (Å²) in [6.45, 7) is 102. The Balaban J connectivity index is 0.000000238. The highest BCUT2D eigenvalue weighted by molar-refractivity contribution is 7.18. The van der Waals surface area contributed by atoms with Crippen LogP contribution in [0.3, 0.4) is 0 Å². The summed E-state index contributed by atoms with van der Waals surface area (Å²) in [5, 5.41) is 9.05. The van der Waals surface area contributed by atoms with Crippen LogP contribution in [-0.4, -0.2) is 45.4 Å². The second-order valence-corrected chi connectivity index (χ2v) is 59.8. The highest BCUT2D eigenvalue weighted by Gasteiger charge is 2.39. The van der Waals surface area contributed by atoms with Crippen molar-refractivity contribution < 1.29 is 13.3 Å². The summed E-state index contributed by atoms with van der Waals surface area (Å²) in [6, 6.07) is 44.1. The molecule has 0 N–H and O–H groups in total. The van der Waals surface area contributed by atoms with Crippen molar-refractivity contribution in [2.75, 3.05) is 0 Å². The lowest BCUT2D eigenvalue weighted by Gasteiger charge is -2.22. The number of oxazole rings is 1.